The molecule has 1 N–H and O–H groups in total. The van der Waals surface area contributed by atoms with Crippen molar-refractivity contribution in [1.29, 1.82) is 0 Å². The highest BCUT2D eigenvalue weighted by Crippen LogP contribution is 2.26. The Labute approximate surface area is 97.3 Å². The standard InChI is InChI=1S/C14H20O2/c1-11-6-8-12(9-7-11)14(2,3)13(16)5-4-10-15/h6-9,15H,4-5,10H2,1-3H3. The van der Waals surface area contributed by atoms with E-state index in [1.807, 2.05) is 45.0 Å². The molecule has 88 valence electrons. The van der Waals surface area contributed by atoms with Crippen LogP contribution in [0.2, 0.25) is 0 Å². The molecule has 16 heavy (non-hydrogen) atoms. The first-order chi connectivity index (χ1) is 7.48. The van der Waals surface area contributed by atoms with Crippen LogP contribution < -0.4 is 0 Å². The molecule has 0 aliphatic rings. The van der Waals surface area contributed by atoms with E-state index >= 15 is 0 Å². The highest BCUT2D eigenvalue weighted by atomic mass is 16.3. The van der Waals surface area contributed by atoms with Crippen molar-refractivity contribution in [2.24, 2.45) is 0 Å². The van der Waals surface area contributed by atoms with Crippen LogP contribution in [0, 0.1) is 6.92 Å². The number of aliphatic hydroxyl groups excluding tert-OH is 1. The Hall–Kier alpha value is -1.15. The van der Waals surface area contributed by atoms with Crippen molar-refractivity contribution in [1.82, 2.24) is 0 Å². The number of ketones is 1. The van der Waals surface area contributed by atoms with E-state index in [9.17, 15) is 4.79 Å². The summed E-state index contributed by atoms with van der Waals surface area (Å²) in [6.07, 6.45) is 0.992. The molecule has 0 heterocycles. The van der Waals surface area contributed by atoms with Gasteiger partial charge in [-0.05, 0) is 32.8 Å². The quantitative estimate of drug-likeness (QED) is 0.828. The van der Waals surface area contributed by atoms with Crippen molar-refractivity contribution in [3.05, 3.63) is 35.4 Å². The van der Waals surface area contributed by atoms with E-state index in [1.165, 1.54) is 5.56 Å². The van der Waals surface area contributed by atoms with Crippen molar-refractivity contribution in [3.63, 3.8) is 0 Å². The van der Waals surface area contributed by atoms with Crippen molar-refractivity contribution in [3.8, 4) is 0 Å². The van der Waals surface area contributed by atoms with Gasteiger partial charge in [-0.1, -0.05) is 29.8 Å². The lowest BCUT2D eigenvalue weighted by atomic mass is 9.79. The molecule has 2 nitrogen and oxygen atoms in total. The molecular weight excluding hydrogens is 200 g/mol. The Morgan fingerprint density at radius 3 is 2.31 bits per heavy atom. The number of carbonyl (C=O) groups excluding carboxylic acids is 1. The summed E-state index contributed by atoms with van der Waals surface area (Å²) in [6.45, 7) is 5.99. The molecule has 0 aliphatic heterocycles. The zero-order valence-corrected chi connectivity index (χ0v) is 10.3. The molecule has 0 radical (unpaired) electrons. The third-order valence-corrected chi connectivity index (χ3v) is 3.03. The van der Waals surface area contributed by atoms with Crippen molar-refractivity contribution in [2.75, 3.05) is 6.61 Å². The van der Waals surface area contributed by atoms with Gasteiger partial charge in [0, 0.05) is 18.4 Å². The van der Waals surface area contributed by atoms with Gasteiger partial charge in [0.1, 0.15) is 5.78 Å². The van der Waals surface area contributed by atoms with Crippen molar-refractivity contribution < 1.29 is 9.90 Å². The number of carbonyl (C=O) groups is 1. The number of hydrogen-bond donors (Lipinski definition) is 1. The summed E-state index contributed by atoms with van der Waals surface area (Å²) in [7, 11) is 0. The first-order valence-electron chi connectivity index (χ1n) is 5.70. The van der Waals surface area contributed by atoms with Gasteiger partial charge >= 0.3 is 0 Å². The fourth-order valence-electron chi connectivity index (χ4n) is 1.68. The SMILES string of the molecule is Cc1ccc(C(C)(C)C(=O)CCCO)cc1. The van der Waals surface area contributed by atoms with Crippen LogP contribution in [-0.2, 0) is 10.2 Å². The van der Waals surface area contributed by atoms with E-state index in [0.717, 1.165) is 5.56 Å². The van der Waals surface area contributed by atoms with Crippen LogP contribution in [0.3, 0.4) is 0 Å². The number of benzene rings is 1. The third kappa shape index (κ3) is 2.92. The highest BCUT2D eigenvalue weighted by molar-refractivity contribution is 5.89. The van der Waals surface area contributed by atoms with Gasteiger partial charge in [0.05, 0.1) is 0 Å². The predicted molar refractivity (Wildman–Crippen MR) is 65.5 cm³/mol. The summed E-state index contributed by atoms with van der Waals surface area (Å²) < 4.78 is 0. The number of hydrogen-bond acceptors (Lipinski definition) is 2. The fourth-order valence-corrected chi connectivity index (χ4v) is 1.68. The molecule has 0 bridgehead atoms. The van der Waals surface area contributed by atoms with Gasteiger partial charge in [-0.15, -0.1) is 0 Å². The van der Waals surface area contributed by atoms with Gasteiger partial charge in [-0.3, -0.25) is 4.79 Å². The summed E-state index contributed by atoms with van der Waals surface area (Å²) in [5.74, 6) is 0.186. The second kappa shape index (κ2) is 5.26. The number of Topliss-reactive ketones (excluding diaryl/α,β-unsaturated/α-hetero) is 1. The predicted octanol–water partition coefficient (Wildman–Crippen LogP) is 2.61. The topological polar surface area (TPSA) is 37.3 Å². The molecule has 0 spiro atoms. The minimum absolute atomic E-state index is 0.0791. The first kappa shape index (κ1) is 12.9. The van der Waals surface area contributed by atoms with E-state index < -0.39 is 5.41 Å². The van der Waals surface area contributed by atoms with E-state index in [2.05, 4.69) is 0 Å². The summed E-state index contributed by atoms with van der Waals surface area (Å²) in [5, 5.41) is 8.74. The molecule has 0 aliphatic carbocycles. The van der Waals surface area contributed by atoms with Gasteiger partial charge in [0.15, 0.2) is 0 Å². The third-order valence-electron chi connectivity index (χ3n) is 3.03. The minimum atomic E-state index is -0.455. The molecule has 1 rings (SSSR count). The van der Waals surface area contributed by atoms with E-state index in [4.69, 9.17) is 5.11 Å². The smallest absolute Gasteiger partial charge is 0.142 e. The number of rotatable bonds is 5. The summed E-state index contributed by atoms with van der Waals surface area (Å²) in [6, 6.07) is 8.06. The molecule has 0 atom stereocenters. The Bertz CT molecular complexity index is 350. The van der Waals surface area contributed by atoms with Crippen LogP contribution in [0.15, 0.2) is 24.3 Å². The molecule has 0 saturated heterocycles. The van der Waals surface area contributed by atoms with Crippen molar-refractivity contribution >= 4 is 5.78 Å². The van der Waals surface area contributed by atoms with Crippen LogP contribution >= 0.6 is 0 Å². The van der Waals surface area contributed by atoms with Crippen LogP contribution in [0.5, 0.6) is 0 Å². The van der Waals surface area contributed by atoms with E-state index in [1.54, 1.807) is 0 Å². The van der Waals surface area contributed by atoms with Gasteiger partial charge in [0.2, 0.25) is 0 Å². The average Bonchev–Trinajstić information content (AvgIpc) is 2.26. The second-order valence-corrected chi connectivity index (χ2v) is 4.74. The Balaban J connectivity index is 2.83. The number of aryl methyl sites for hydroxylation is 1. The van der Waals surface area contributed by atoms with Gasteiger partial charge in [0.25, 0.3) is 0 Å². The first-order valence-corrected chi connectivity index (χ1v) is 5.70. The fraction of sp³-hybridized carbons (Fsp3) is 0.500. The summed E-state index contributed by atoms with van der Waals surface area (Å²) in [5.41, 5.74) is 1.78. The van der Waals surface area contributed by atoms with Gasteiger partial charge < -0.3 is 5.11 Å². The van der Waals surface area contributed by atoms with E-state index in [0.29, 0.717) is 12.8 Å². The molecule has 0 aromatic heterocycles. The number of aliphatic hydroxyl groups is 1. The summed E-state index contributed by atoms with van der Waals surface area (Å²) in [4.78, 5) is 12.0. The lowest BCUT2D eigenvalue weighted by molar-refractivity contribution is -0.123. The maximum Gasteiger partial charge on any atom is 0.142 e. The van der Waals surface area contributed by atoms with Crippen LogP contribution in [-0.4, -0.2) is 17.5 Å². The lowest BCUT2D eigenvalue weighted by Crippen LogP contribution is -2.29. The Morgan fingerprint density at radius 1 is 1.25 bits per heavy atom. The Kier molecular flexibility index (Phi) is 4.25. The molecular formula is C14H20O2. The molecule has 2 heteroatoms. The molecule has 0 saturated carbocycles. The maximum absolute atomic E-state index is 12.0. The van der Waals surface area contributed by atoms with Gasteiger partial charge in [-0.2, -0.15) is 0 Å². The summed E-state index contributed by atoms with van der Waals surface area (Å²) >= 11 is 0. The highest BCUT2D eigenvalue weighted by Gasteiger charge is 2.28. The molecule has 1 aromatic carbocycles. The maximum atomic E-state index is 12.0. The minimum Gasteiger partial charge on any atom is -0.396 e. The molecule has 0 unspecified atom stereocenters. The zero-order valence-electron chi connectivity index (χ0n) is 10.3. The monoisotopic (exact) mass is 220 g/mol. The van der Waals surface area contributed by atoms with Gasteiger partial charge in [-0.25, -0.2) is 0 Å². The van der Waals surface area contributed by atoms with Crippen LogP contribution in [0.4, 0.5) is 0 Å². The zero-order chi connectivity index (χ0) is 12.2. The van der Waals surface area contributed by atoms with Crippen LogP contribution in [0.25, 0.3) is 0 Å². The molecule has 0 amide bonds. The Morgan fingerprint density at radius 2 is 1.81 bits per heavy atom. The average molecular weight is 220 g/mol. The van der Waals surface area contributed by atoms with Crippen molar-refractivity contribution in [2.45, 2.75) is 39.0 Å². The second-order valence-electron chi connectivity index (χ2n) is 4.74. The largest absolute Gasteiger partial charge is 0.396 e. The lowest BCUT2D eigenvalue weighted by Gasteiger charge is -2.23. The molecule has 1 aromatic rings. The van der Waals surface area contributed by atoms with Crippen LogP contribution in [0.1, 0.15) is 37.8 Å². The normalized spacial score (nSPS) is 11.5. The molecule has 0 fully saturated rings. The van der Waals surface area contributed by atoms with E-state index in [-0.39, 0.29) is 12.4 Å².